The SMILES string of the molecule is O=S(=O)(O)CNc1cc2c(O)c(CS(=O)(=O)O)c(S(=O)(=O)O)cc2cc1S(=O)(=O)O. The Bertz CT molecular complexity index is 1460. The highest BCUT2D eigenvalue weighted by atomic mass is 32.2. The van der Waals surface area contributed by atoms with Crippen LogP contribution < -0.4 is 5.32 Å². The number of phenolic OH excluding ortho intramolecular Hbond substituents is 1. The van der Waals surface area contributed by atoms with Gasteiger partial charge in [-0.15, -0.1) is 0 Å². The minimum atomic E-state index is -5.18. The topological polar surface area (TPSA) is 250 Å². The Kier molecular flexibility index (Phi) is 6.11. The highest BCUT2D eigenvalue weighted by Crippen LogP contribution is 2.39. The quantitative estimate of drug-likeness (QED) is 0.263. The lowest BCUT2D eigenvalue weighted by molar-refractivity contribution is 0.459. The van der Waals surface area contributed by atoms with Crippen LogP contribution in [-0.4, -0.2) is 62.9 Å². The number of anilines is 1. The molecule has 0 spiro atoms. The van der Waals surface area contributed by atoms with Crippen molar-refractivity contribution in [2.75, 3.05) is 11.2 Å². The lowest BCUT2D eigenvalue weighted by Crippen LogP contribution is -2.15. The largest absolute Gasteiger partial charge is 0.507 e. The van der Waals surface area contributed by atoms with Crippen LogP contribution in [-0.2, 0) is 46.2 Å². The minimum Gasteiger partial charge on any atom is -0.507 e. The Morgan fingerprint density at radius 1 is 0.733 bits per heavy atom. The fourth-order valence-corrected chi connectivity index (χ4v) is 5.03. The molecule has 30 heavy (non-hydrogen) atoms. The van der Waals surface area contributed by atoms with E-state index in [1.165, 1.54) is 0 Å². The molecule has 0 fully saturated rings. The lowest BCUT2D eigenvalue weighted by Gasteiger charge is -2.15. The molecule has 0 radical (unpaired) electrons. The molecular weight excluding hydrogens is 494 g/mol. The average molecular weight is 507 g/mol. The zero-order valence-electron chi connectivity index (χ0n) is 14.3. The zero-order valence-corrected chi connectivity index (χ0v) is 17.5. The summed E-state index contributed by atoms with van der Waals surface area (Å²) in [5.74, 6) is -3.81. The van der Waals surface area contributed by atoms with E-state index in [9.17, 15) is 47.9 Å². The monoisotopic (exact) mass is 507 g/mol. The average Bonchev–Trinajstić information content (AvgIpc) is 2.51. The molecule has 0 aliphatic carbocycles. The van der Waals surface area contributed by atoms with Gasteiger partial charge in [-0.1, -0.05) is 0 Å². The van der Waals surface area contributed by atoms with E-state index in [0.29, 0.717) is 18.2 Å². The van der Waals surface area contributed by atoms with E-state index >= 15 is 0 Å². The number of phenols is 1. The Morgan fingerprint density at radius 2 is 1.23 bits per heavy atom. The van der Waals surface area contributed by atoms with Crippen molar-refractivity contribution in [2.24, 2.45) is 0 Å². The molecule has 2 aromatic carbocycles. The van der Waals surface area contributed by atoms with Gasteiger partial charge in [-0.05, 0) is 23.6 Å². The van der Waals surface area contributed by atoms with Crippen molar-refractivity contribution in [2.45, 2.75) is 15.5 Å². The third-order valence-electron chi connectivity index (χ3n) is 3.60. The van der Waals surface area contributed by atoms with Gasteiger partial charge in [0.05, 0.1) is 5.69 Å². The maximum atomic E-state index is 11.6. The van der Waals surface area contributed by atoms with Crippen LogP contribution in [0.25, 0.3) is 10.8 Å². The normalized spacial score (nSPS) is 13.5. The van der Waals surface area contributed by atoms with Gasteiger partial charge in [0.2, 0.25) is 0 Å². The number of benzene rings is 2. The van der Waals surface area contributed by atoms with E-state index in [1.54, 1.807) is 0 Å². The molecule has 2 rings (SSSR count). The first-order chi connectivity index (χ1) is 13.3. The predicted octanol–water partition coefficient (Wildman–Crippen LogP) is -0.316. The van der Waals surface area contributed by atoms with Crippen LogP contribution in [0.2, 0.25) is 0 Å². The third-order valence-corrected chi connectivity index (χ3v) is 6.58. The van der Waals surface area contributed by atoms with Crippen molar-refractivity contribution in [3.8, 4) is 5.75 Å². The summed E-state index contributed by atoms with van der Waals surface area (Å²) in [6, 6.07) is 1.86. The highest BCUT2D eigenvalue weighted by molar-refractivity contribution is 7.87. The molecule has 0 atom stereocenters. The number of fused-ring (bicyclic) bond motifs is 1. The Labute approximate surface area is 170 Å². The molecule has 0 aromatic heterocycles. The Morgan fingerprint density at radius 3 is 1.67 bits per heavy atom. The first kappa shape index (κ1) is 24.2. The second-order valence-electron chi connectivity index (χ2n) is 5.85. The maximum absolute atomic E-state index is 11.6. The van der Waals surface area contributed by atoms with Crippen LogP contribution in [0.3, 0.4) is 0 Å². The Balaban J connectivity index is 2.97. The van der Waals surface area contributed by atoms with Gasteiger partial charge in [0.15, 0.2) is 0 Å². The molecular formula is C12H13NO13S4. The van der Waals surface area contributed by atoms with E-state index in [2.05, 4.69) is 0 Å². The van der Waals surface area contributed by atoms with Crippen molar-refractivity contribution < 1.29 is 57.0 Å². The number of nitrogens with one attached hydrogen (secondary N) is 1. The molecule has 0 bridgehead atoms. The predicted molar refractivity (Wildman–Crippen MR) is 101 cm³/mol. The molecule has 18 heteroatoms. The van der Waals surface area contributed by atoms with E-state index in [-0.39, 0.29) is 0 Å². The summed E-state index contributed by atoms with van der Waals surface area (Å²) in [5.41, 5.74) is -1.64. The van der Waals surface area contributed by atoms with E-state index in [4.69, 9.17) is 9.11 Å². The fraction of sp³-hybridized carbons (Fsp3) is 0.167. The number of aromatic hydroxyl groups is 1. The van der Waals surface area contributed by atoms with Gasteiger partial charge < -0.3 is 10.4 Å². The first-order valence-electron chi connectivity index (χ1n) is 7.21. The minimum absolute atomic E-state index is 0.441. The summed E-state index contributed by atoms with van der Waals surface area (Å²) in [7, 11) is -19.8. The zero-order chi connectivity index (χ0) is 23.3. The number of rotatable bonds is 7. The summed E-state index contributed by atoms with van der Waals surface area (Å²) in [4.78, 5) is -2.17. The van der Waals surface area contributed by atoms with Crippen LogP contribution in [0.1, 0.15) is 5.56 Å². The molecule has 168 valence electrons. The molecule has 0 unspecified atom stereocenters. The van der Waals surface area contributed by atoms with Gasteiger partial charge >= 0.3 is 0 Å². The summed E-state index contributed by atoms with van der Waals surface area (Å²) in [5, 5.41) is 11.4. The fourth-order valence-electron chi connectivity index (χ4n) is 2.50. The summed E-state index contributed by atoms with van der Waals surface area (Å²) < 4.78 is 127. The van der Waals surface area contributed by atoms with Gasteiger partial charge in [0.25, 0.3) is 40.5 Å². The molecule has 0 heterocycles. The van der Waals surface area contributed by atoms with E-state index in [0.717, 1.165) is 0 Å². The molecule has 6 N–H and O–H groups in total. The second kappa shape index (κ2) is 7.57. The Hall–Kier alpha value is -2.06. The van der Waals surface area contributed by atoms with Gasteiger partial charge in [-0.3, -0.25) is 18.2 Å². The number of hydrogen-bond donors (Lipinski definition) is 6. The van der Waals surface area contributed by atoms with Crippen molar-refractivity contribution in [1.82, 2.24) is 0 Å². The molecule has 0 amide bonds. The van der Waals surface area contributed by atoms with Crippen molar-refractivity contribution >= 4 is 56.9 Å². The van der Waals surface area contributed by atoms with Crippen LogP contribution >= 0.6 is 0 Å². The second-order valence-corrected chi connectivity index (χ2v) is 11.5. The van der Waals surface area contributed by atoms with E-state index in [1.807, 2.05) is 5.32 Å². The van der Waals surface area contributed by atoms with Gasteiger partial charge in [-0.2, -0.15) is 33.7 Å². The smallest absolute Gasteiger partial charge is 0.296 e. The summed E-state index contributed by atoms with van der Waals surface area (Å²) in [6.07, 6.45) is 0. The van der Waals surface area contributed by atoms with Crippen molar-refractivity contribution in [3.05, 3.63) is 23.8 Å². The van der Waals surface area contributed by atoms with E-state index < -0.39 is 89.7 Å². The number of hydrogen-bond acceptors (Lipinski definition) is 10. The van der Waals surface area contributed by atoms with Crippen molar-refractivity contribution in [1.29, 1.82) is 0 Å². The van der Waals surface area contributed by atoms with Crippen LogP contribution in [0.4, 0.5) is 5.69 Å². The molecule has 0 aliphatic heterocycles. The van der Waals surface area contributed by atoms with Crippen LogP contribution in [0.5, 0.6) is 5.75 Å². The first-order valence-corrected chi connectivity index (χ1v) is 13.3. The van der Waals surface area contributed by atoms with Gasteiger partial charge in [-0.25, -0.2) is 0 Å². The van der Waals surface area contributed by atoms with Gasteiger partial charge in [0, 0.05) is 10.9 Å². The molecule has 0 saturated heterocycles. The molecule has 0 aliphatic rings. The van der Waals surface area contributed by atoms with Crippen molar-refractivity contribution in [3.63, 3.8) is 0 Å². The molecule has 14 nitrogen and oxygen atoms in total. The summed E-state index contributed by atoms with van der Waals surface area (Å²) >= 11 is 0. The maximum Gasteiger partial charge on any atom is 0.296 e. The standard InChI is InChI=1S/C12H13NO13S4/c14-12-7-3-9(13-5-28(18,19)20)11(30(24,25)26)2-6(7)1-10(29(21,22)23)8(12)4-27(15,16)17/h1-3,13-14H,4-5H2,(H,15,16,17)(H,18,19,20)(H,21,22,23)(H,24,25,26). The highest BCUT2D eigenvalue weighted by Gasteiger charge is 2.27. The van der Waals surface area contributed by atoms with Crippen LogP contribution in [0, 0.1) is 0 Å². The molecule has 2 aromatic rings. The van der Waals surface area contributed by atoms with Gasteiger partial charge in [0.1, 0.15) is 27.2 Å². The molecule has 0 saturated carbocycles. The third kappa shape index (κ3) is 5.76. The summed E-state index contributed by atoms with van der Waals surface area (Å²) in [6.45, 7) is 0. The lowest BCUT2D eigenvalue weighted by atomic mass is 10.0. The van der Waals surface area contributed by atoms with Crippen LogP contribution in [0.15, 0.2) is 28.0 Å².